The van der Waals surface area contributed by atoms with Crippen molar-refractivity contribution in [1.82, 2.24) is 5.32 Å². The van der Waals surface area contributed by atoms with Gasteiger partial charge in [-0.05, 0) is 29.8 Å². The number of carboxylic acids is 1. The van der Waals surface area contributed by atoms with Crippen LogP contribution < -0.4 is 10.1 Å². The highest BCUT2D eigenvalue weighted by Gasteiger charge is 2.20. The normalized spacial score (nSPS) is 11.5. The van der Waals surface area contributed by atoms with E-state index in [4.69, 9.17) is 4.74 Å². The highest BCUT2D eigenvalue weighted by molar-refractivity contribution is 5.84. The molecule has 6 nitrogen and oxygen atoms in total. The molecule has 0 radical (unpaired) electrons. The van der Waals surface area contributed by atoms with Crippen LogP contribution in [0.2, 0.25) is 0 Å². The zero-order valence-electron chi connectivity index (χ0n) is 12.3. The fourth-order valence-electron chi connectivity index (χ4n) is 1.97. The summed E-state index contributed by atoms with van der Waals surface area (Å²) in [6.07, 6.45) is 0.118. The Bertz CT molecular complexity index is 654. The van der Waals surface area contributed by atoms with Crippen LogP contribution in [-0.4, -0.2) is 34.7 Å². The van der Waals surface area contributed by atoms with Gasteiger partial charge < -0.3 is 20.3 Å². The van der Waals surface area contributed by atoms with Crippen LogP contribution in [0.3, 0.4) is 0 Å². The standard InChI is InChI=1S/C17H17NO5/c19-13-8-6-12(7-9-13)10-15(17(21)22)18-16(20)11-23-14-4-2-1-3-5-14/h1-9,15,19H,10-11H2,(H,18,20)(H,21,22). The molecular formula is C17H17NO5. The fourth-order valence-corrected chi connectivity index (χ4v) is 1.97. The van der Waals surface area contributed by atoms with E-state index in [0.717, 1.165) is 0 Å². The number of hydrogen-bond acceptors (Lipinski definition) is 4. The summed E-state index contributed by atoms with van der Waals surface area (Å²) in [5.74, 6) is -1.01. The number of para-hydroxylation sites is 1. The molecule has 6 heteroatoms. The number of nitrogens with one attached hydrogen (secondary N) is 1. The van der Waals surface area contributed by atoms with Crippen LogP contribution in [-0.2, 0) is 16.0 Å². The molecule has 2 aromatic carbocycles. The van der Waals surface area contributed by atoms with Gasteiger partial charge in [0.2, 0.25) is 0 Å². The molecule has 1 unspecified atom stereocenters. The molecule has 2 aromatic rings. The van der Waals surface area contributed by atoms with Crippen LogP contribution in [0, 0.1) is 0 Å². The Balaban J connectivity index is 1.89. The molecule has 0 saturated heterocycles. The molecule has 23 heavy (non-hydrogen) atoms. The summed E-state index contributed by atoms with van der Waals surface area (Å²) in [6, 6.07) is 13.9. The number of carbonyl (C=O) groups is 2. The lowest BCUT2D eigenvalue weighted by molar-refractivity contribution is -0.142. The summed E-state index contributed by atoms with van der Waals surface area (Å²) in [4.78, 5) is 23.1. The number of carboxylic acid groups (broad SMARTS) is 1. The van der Waals surface area contributed by atoms with Crippen molar-refractivity contribution in [3.05, 3.63) is 60.2 Å². The van der Waals surface area contributed by atoms with E-state index in [9.17, 15) is 19.8 Å². The Morgan fingerprint density at radius 3 is 2.30 bits per heavy atom. The maximum Gasteiger partial charge on any atom is 0.326 e. The van der Waals surface area contributed by atoms with Gasteiger partial charge in [-0.3, -0.25) is 4.79 Å². The first-order valence-electron chi connectivity index (χ1n) is 7.02. The van der Waals surface area contributed by atoms with Gasteiger partial charge in [0.1, 0.15) is 17.5 Å². The highest BCUT2D eigenvalue weighted by atomic mass is 16.5. The van der Waals surface area contributed by atoms with Gasteiger partial charge >= 0.3 is 5.97 Å². The second-order valence-electron chi connectivity index (χ2n) is 4.93. The largest absolute Gasteiger partial charge is 0.508 e. The highest BCUT2D eigenvalue weighted by Crippen LogP contribution is 2.12. The Morgan fingerprint density at radius 2 is 1.70 bits per heavy atom. The zero-order valence-corrected chi connectivity index (χ0v) is 12.3. The Hall–Kier alpha value is -3.02. The molecule has 1 atom stereocenters. The van der Waals surface area contributed by atoms with Gasteiger partial charge in [-0.1, -0.05) is 30.3 Å². The van der Waals surface area contributed by atoms with E-state index in [1.807, 2.05) is 6.07 Å². The first kappa shape index (κ1) is 16.4. The molecular weight excluding hydrogens is 298 g/mol. The number of aromatic hydroxyl groups is 1. The molecule has 0 aliphatic heterocycles. The van der Waals surface area contributed by atoms with Crippen molar-refractivity contribution in [2.75, 3.05) is 6.61 Å². The van der Waals surface area contributed by atoms with Crippen molar-refractivity contribution in [2.24, 2.45) is 0 Å². The molecule has 0 spiro atoms. The molecule has 2 rings (SSSR count). The van der Waals surface area contributed by atoms with Crippen molar-refractivity contribution < 1.29 is 24.5 Å². The van der Waals surface area contributed by atoms with E-state index in [0.29, 0.717) is 11.3 Å². The van der Waals surface area contributed by atoms with Gasteiger partial charge in [0.05, 0.1) is 0 Å². The van der Waals surface area contributed by atoms with Crippen LogP contribution in [0.4, 0.5) is 0 Å². The SMILES string of the molecule is O=C(COc1ccccc1)NC(Cc1ccc(O)cc1)C(=O)O. The minimum Gasteiger partial charge on any atom is -0.508 e. The number of phenols is 1. The monoisotopic (exact) mass is 315 g/mol. The lowest BCUT2D eigenvalue weighted by Gasteiger charge is -2.15. The van der Waals surface area contributed by atoms with Crippen LogP contribution >= 0.6 is 0 Å². The van der Waals surface area contributed by atoms with E-state index in [-0.39, 0.29) is 18.8 Å². The third-order valence-corrected chi connectivity index (χ3v) is 3.12. The summed E-state index contributed by atoms with van der Waals surface area (Å²) in [7, 11) is 0. The van der Waals surface area contributed by atoms with E-state index in [1.165, 1.54) is 12.1 Å². The first-order valence-corrected chi connectivity index (χ1v) is 7.02. The number of benzene rings is 2. The Kier molecular flexibility index (Phi) is 5.57. The van der Waals surface area contributed by atoms with Gasteiger partial charge in [0.15, 0.2) is 6.61 Å². The molecule has 0 fully saturated rings. The summed E-state index contributed by atoms with van der Waals surface area (Å²) < 4.78 is 5.28. The van der Waals surface area contributed by atoms with Gasteiger partial charge in [0.25, 0.3) is 5.91 Å². The van der Waals surface area contributed by atoms with Crippen molar-refractivity contribution in [3.8, 4) is 11.5 Å². The maximum atomic E-state index is 11.8. The van der Waals surface area contributed by atoms with Crippen molar-refractivity contribution >= 4 is 11.9 Å². The number of phenolic OH excluding ortho intramolecular Hbond substituents is 1. The van der Waals surface area contributed by atoms with Crippen molar-refractivity contribution in [3.63, 3.8) is 0 Å². The number of aliphatic carboxylic acids is 1. The van der Waals surface area contributed by atoms with E-state index >= 15 is 0 Å². The number of hydrogen-bond donors (Lipinski definition) is 3. The van der Waals surface area contributed by atoms with E-state index in [1.54, 1.807) is 36.4 Å². The lowest BCUT2D eigenvalue weighted by atomic mass is 10.1. The summed E-state index contributed by atoms with van der Waals surface area (Å²) in [5, 5.41) is 20.9. The van der Waals surface area contributed by atoms with Crippen LogP contribution in [0.15, 0.2) is 54.6 Å². The average Bonchev–Trinajstić information content (AvgIpc) is 2.55. The van der Waals surface area contributed by atoms with Crippen molar-refractivity contribution in [1.29, 1.82) is 0 Å². The number of ether oxygens (including phenoxy) is 1. The van der Waals surface area contributed by atoms with Crippen molar-refractivity contribution in [2.45, 2.75) is 12.5 Å². The predicted molar refractivity (Wildman–Crippen MR) is 83.3 cm³/mol. The quantitative estimate of drug-likeness (QED) is 0.721. The smallest absolute Gasteiger partial charge is 0.326 e. The molecule has 0 aromatic heterocycles. The molecule has 0 saturated carbocycles. The molecule has 3 N–H and O–H groups in total. The fraction of sp³-hybridized carbons (Fsp3) is 0.176. The van der Waals surface area contributed by atoms with Crippen LogP contribution in [0.25, 0.3) is 0 Å². The summed E-state index contributed by atoms with van der Waals surface area (Å²) in [6.45, 7) is -0.261. The average molecular weight is 315 g/mol. The van der Waals surface area contributed by atoms with E-state index in [2.05, 4.69) is 5.32 Å². The Morgan fingerprint density at radius 1 is 1.04 bits per heavy atom. The van der Waals surface area contributed by atoms with Crippen LogP contribution in [0.5, 0.6) is 11.5 Å². The number of carbonyl (C=O) groups excluding carboxylic acids is 1. The molecule has 0 bridgehead atoms. The summed E-state index contributed by atoms with van der Waals surface area (Å²) >= 11 is 0. The van der Waals surface area contributed by atoms with Gasteiger partial charge in [-0.2, -0.15) is 0 Å². The zero-order chi connectivity index (χ0) is 16.7. The molecule has 120 valence electrons. The molecule has 0 aliphatic rings. The van der Waals surface area contributed by atoms with E-state index < -0.39 is 17.9 Å². The minimum atomic E-state index is -1.13. The molecule has 1 amide bonds. The van der Waals surface area contributed by atoms with Gasteiger partial charge in [-0.25, -0.2) is 4.79 Å². The maximum absolute atomic E-state index is 11.8. The third kappa shape index (κ3) is 5.35. The minimum absolute atomic E-state index is 0.0981. The van der Waals surface area contributed by atoms with Gasteiger partial charge in [-0.15, -0.1) is 0 Å². The number of amides is 1. The summed E-state index contributed by atoms with van der Waals surface area (Å²) in [5.41, 5.74) is 0.694. The number of rotatable bonds is 7. The topological polar surface area (TPSA) is 95.9 Å². The third-order valence-electron chi connectivity index (χ3n) is 3.12. The lowest BCUT2D eigenvalue weighted by Crippen LogP contribution is -2.44. The van der Waals surface area contributed by atoms with Crippen LogP contribution in [0.1, 0.15) is 5.56 Å². The van der Waals surface area contributed by atoms with Gasteiger partial charge in [0, 0.05) is 6.42 Å². The Labute approximate surface area is 133 Å². The predicted octanol–water partition coefficient (Wildman–Crippen LogP) is 1.58. The molecule has 0 aliphatic carbocycles. The first-order chi connectivity index (χ1) is 11.0. The second-order valence-corrected chi connectivity index (χ2v) is 4.93. The second kappa shape index (κ2) is 7.84. The molecule has 0 heterocycles.